The second-order valence-corrected chi connectivity index (χ2v) is 6.49. The van der Waals surface area contributed by atoms with E-state index in [9.17, 15) is 9.59 Å². The number of hydrogen-bond donors (Lipinski definition) is 0. The summed E-state index contributed by atoms with van der Waals surface area (Å²) < 4.78 is 10.2. The van der Waals surface area contributed by atoms with Gasteiger partial charge in [0.1, 0.15) is 5.75 Å². The van der Waals surface area contributed by atoms with Crippen molar-refractivity contribution in [3.05, 3.63) is 36.4 Å². The molecule has 5 heteroatoms. The number of anilines is 1. The normalized spacial score (nSPS) is 18.3. The number of carbonyl (C=O) groups is 2. The molecule has 0 saturated carbocycles. The molecule has 1 aliphatic rings. The van der Waals surface area contributed by atoms with Crippen LogP contribution in [0.3, 0.4) is 0 Å². The lowest BCUT2D eigenvalue weighted by Crippen LogP contribution is -2.37. The van der Waals surface area contributed by atoms with Crippen LogP contribution in [0.15, 0.2) is 36.4 Å². The van der Waals surface area contributed by atoms with Crippen LogP contribution in [0, 0.1) is 5.92 Å². The second-order valence-electron chi connectivity index (χ2n) is 6.49. The Labute approximate surface area is 156 Å². The van der Waals surface area contributed by atoms with Gasteiger partial charge in [-0.15, -0.1) is 0 Å². The molecule has 1 fully saturated rings. The van der Waals surface area contributed by atoms with Crippen molar-refractivity contribution in [2.24, 2.45) is 5.92 Å². The van der Waals surface area contributed by atoms with Gasteiger partial charge in [-0.25, -0.2) is 4.79 Å². The number of esters is 1. The van der Waals surface area contributed by atoms with Crippen LogP contribution in [-0.4, -0.2) is 31.6 Å². The number of ether oxygens (including phenoxy) is 2. The highest BCUT2D eigenvalue weighted by Gasteiger charge is 2.36. The van der Waals surface area contributed by atoms with E-state index in [1.807, 2.05) is 35.2 Å². The topological polar surface area (TPSA) is 55.8 Å². The Kier molecular flexibility index (Phi) is 7.70. The lowest BCUT2D eigenvalue weighted by Gasteiger charge is -2.30. The van der Waals surface area contributed by atoms with Crippen LogP contribution in [0.4, 0.5) is 5.69 Å². The Morgan fingerprint density at radius 3 is 2.65 bits per heavy atom. The minimum atomic E-state index is -0.325. The highest BCUT2D eigenvalue weighted by atomic mass is 16.5. The number of nitrogens with zero attached hydrogens (tertiary/aromatic N) is 1. The van der Waals surface area contributed by atoms with E-state index in [0.717, 1.165) is 37.1 Å². The average Bonchev–Trinajstić information content (AvgIpc) is 3.03. The zero-order valence-electron chi connectivity index (χ0n) is 15.9. The van der Waals surface area contributed by atoms with E-state index in [1.54, 1.807) is 14.0 Å². The summed E-state index contributed by atoms with van der Waals surface area (Å²) in [4.78, 5) is 26.1. The van der Waals surface area contributed by atoms with Crippen molar-refractivity contribution in [3.8, 4) is 5.75 Å². The van der Waals surface area contributed by atoms with Crippen LogP contribution in [0.1, 0.15) is 46.0 Å². The highest BCUT2D eigenvalue weighted by Crippen LogP contribution is 2.34. The Morgan fingerprint density at radius 1 is 1.31 bits per heavy atom. The van der Waals surface area contributed by atoms with Gasteiger partial charge >= 0.3 is 5.97 Å². The first-order valence-electron chi connectivity index (χ1n) is 9.41. The highest BCUT2D eigenvalue weighted by molar-refractivity contribution is 5.96. The van der Waals surface area contributed by atoms with Gasteiger partial charge in [0.15, 0.2) is 0 Å². The smallest absolute Gasteiger partial charge is 0.330 e. The van der Waals surface area contributed by atoms with Gasteiger partial charge in [-0.1, -0.05) is 25.8 Å². The quantitative estimate of drug-likeness (QED) is 0.492. The Balaban J connectivity index is 2.22. The van der Waals surface area contributed by atoms with E-state index >= 15 is 0 Å². The predicted octanol–water partition coefficient (Wildman–Crippen LogP) is 4.12. The first kappa shape index (κ1) is 20.0. The molecule has 0 aromatic heterocycles. The van der Waals surface area contributed by atoms with E-state index in [-0.39, 0.29) is 23.8 Å². The molecule has 2 atom stereocenters. The molecule has 1 heterocycles. The Bertz CT molecular complexity index is 623. The molecule has 0 spiro atoms. The molecule has 0 radical (unpaired) electrons. The zero-order chi connectivity index (χ0) is 18.9. The molecule has 5 nitrogen and oxygen atoms in total. The minimum Gasteiger partial charge on any atom is -0.497 e. The molecule has 0 unspecified atom stereocenters. The van der Waals surface area contributed by atoms with Crippen LogP contribution in [0.5, 0.6) is 5.75 Å². The molecule has 0 bridgehead atoms. The van der Waals surface area contributed by atoms with Crippen LogP contribution >= 0.6 is 0 Å². The van der Waals surface area contributed by atoms with Gasteiger partial charge in [-0.3, -0.25) is 4.79 Å². The van der Waals surface area contributed by atoms with Gasteiger partial charge in [0, 0.05) is 24.2 Å². The minimum absolute atomic E-state index is 0.0631. The van der Waals surface area contributed by atoms with E-state index in [2.05, 4.69) is 6.92 Å². The van der Waals surface area contributed by atoms with Crippen molar-refractivity contribution < 1.29 is 19.1 Å². The molecule has 1 aromatic rings. The molecular formula is C21H29NO4. The van der Waals surface area contributed by atoms with Crippen molar-refractivity contribution in [2.75, 3.05) is 18.6 Å². The fourth-order valence-corrected chi connectivity index (χ4v) is 3.44. The average molecular weight is 359 g/mol. The lowest BCUT2D eigenvalue weighted by molar-refractivity contribution is -0.137. The molecular weight excluding hydrogens is 330 g/mol. The summed E-state index contributed by atoms with van der Waals surface area (Å²) in [6.45, 7) is 4.30. The van der Waals surface area contributed by atoms with Crippen molar-refractivity contribution in [3.63, 3.8) is 0 Å². The molecule has 1 aliphatic heterocycles. The first-order valence-corrected chi connectivity index (χ1v) is 9.41. The van der Waals surface area contributed by atoms with Crippen LogP contribution in [0.25, 0.3) is 0 Å². The molecule has 0 N–H and O–H groups in total. The summed E-state index contributed by atoms with van der Waals surface area (Å²) in [7, 11) is 1.62. The van der Waals surface area contributed by atoms with E-state index < -0.39 is 0 Å². The molecule has 1 amide bonds. The number of benzene rings is 1. The van der Waals surface area contributed by atoms with Crippen molar-refractivity contribution in [1.29, 1.82) is 0 Å². The summed E-state index contributed by atoms with van der Waals surface area (Å²) in [6.07, 6.45) is 7.84. The summed E-state index contributed by atoms with van der Waals surface area (Å²) in [6, 6.07) is 7.64. The Morgan fingerprint density at radius 2 is 2.04 bits per heavy atom. The third kappa shape index (κ3) is 5.10. The molecule has 1 saturated heterocycles. The van der Waals surface area contributed by atoms with E-state index in [4.69, 9.17) is 9.47 Å². The SMILES string of the molecule is CCCC[C@@H](/C=C/C(=O)OCC)[C@H]1CCC(=O)N1c1ccc(OC)cc1. The largest absolute Gasteiger partial charge is 0.497 e. The fraction of sp³-hybridized carbons (Fsp3) is 0.524. The molecule has 1 aromatic carbocycles. The van der Waals surface area contributed by atoms with E-state index in [1.165, 1.54) is 6.08 Å². The van der Waals surface area contributed by atoms with Gasteiger partial charge < -0.3 is 14.4 Å². The van der Waals surface area contributed by atoms with Crippen molar-refractivity contribution in [1.82, 2.24) is 0 Å². The molecule has 0 aliphatic carbocycles. The summed E-state index contributed by atoms with van der Waals surface area (Å²) in [5.41, 5.74) is 0.879. The first-order chi connectivity index (χ1) is 12.6. The number of unbranched alkanes of at least 4 members (excludes halogenated alkanes) is 1. The maximum atomic E-state index is 12.5. The van der Waals surface area contributed by atoms with Crippen LogP contribution in [-0.2, 0) is 14.3 Å². The number of amides is 1. The maximum absolute atomic E-state index is 12.5. The molecule has 142 valence electrons. The fourth-order valence-electron chi connectivity index (χ4n) is 3.44. The van der Waals surface area contributed by atoms with Gasteiger partial charge in [-0.05, 0) is 49.9 Å². The van der Waals surface area contributed by atoms with E-state index in [0.29, 0.717) is 13.0 Å². The summed E-state index contributed by atoms with van der Waals surface area (Å²) in [5, 5.41) is 0. The van der Waals surface area contributed by atoms with Gasteiger partial charge in [0.25, 0.3) is 0 Å². The van der Waals surface area contributed by atoms with Crippen molar-refractivity contribution >= 4 is 17.6 Å². The van der Waals surface area contributed by atoms with Gasteiger partial charge in [0.2, 0.25) is 5.91 Å². The summed E-state index contributed by atoms with van der Waals surface area (Å²) >= 11 is 0. The Hall–Kier alpha value is -2.30. The standard InChI is InChI=1S/C21H29NO4/c1-4-6-7-16(8-15-21(24)26-5-2)19-13-14-20(23)22(19)17-9-11-18(25-3)12-10-17/h8-12,15-16,19H,4-7,13-14H2,1-3H3/b15-8+/t16-,19+/m0/s1. The third-order valence-corrected chi connectivity index (χ3v) is 4.76. The third-order valence-electron chi connectivity index (χ3n) is 4.76. The predicted molar refractivity (Wildman–Crippen MR) is 102 cm³/mol. The monoisotopic (exact) mass is 359 g/mol. The summed E-state index contributed by atoms with van der Waals surface area (Å²) in [5.74, 6) is 0.704. The van der Waals surface area contributed by atoms with Crippen LogP contribution in [0.2, 0.25) is 0 Å². The molecule has 2 rings (SSSR count). The number of methoxy groups -OCH3 is 1. The lowest BCUT2D eigenvalue weighted by atomic mass is 9.91. The second kappa shape index (κ2) is 10.00. The van der Waals surface area contributed by atoms with Gasteiger partial charge in [-0.2, -0.15) is 0 Å². The van der Waals surface area contributed by atoms with Crippen LogP contribution < -0.4 is 9.64 Å². The maximum Gasteiger partial charge on any atom is 0.330 e. The zero-order valence-corrected chi connectivity index (χ0v) is 15.9. The van der Waals surface area contributed by atoms with Crippen molar-refractivity contribution in [2.45, 2.75) is 52.0 Å². The number of hydrogen-bond acceptors (Lipinski definition) is 4. The van der Waals surface area contributed by atoms with Gasteiger partial charge in [0.05, 0.1) is 13.7 Å². The number of carbonyl (C=O) groups excluding carboxylic acids is 2. The molecule has 26 heavy (non-hydrogen) atoms. The number of rotatable bonds is 9.